The molecule has 2 heterocycles. The normalized spacial score (nSPS) is 12.1. The molecular weight excluding hydrogens is 645 g/mol. The number of imidazole rings is 2. The van der Waals surface area contributed by atoms with Crippen molar-refractivity contribution in [2.75, 3.05) is 49.2 Å². The largest absolute Gasteiger partial charge is 0.421 e. The maximum absolute atomic E-state index is 12.4. The third-order valence-corrected chi connectivity index (χ3v) is 9.15. The van der Waals surface area contributed by atoms with Crippen molar-refractivity contribution in [3.05, 3.63) is 72.3 Å². The van der Waals surface area contributed by atoms with Gasteiger partial charge in [0.25, 0.3) is 0 Å². The minimum absolute atomic E-state index is 0.0319. The molecule has 14 nitrogen and oxygen atoms in total. The fourth-order valence-corrected chi connectivity index (χ4v) is 6.06. The molecule has 0 N–H and O–H groups in total. The Bertz CT molecular complexity index is 1700. The fraction of sp³-hybridized carbons (Fsp3) is 0.471. The van der Waals surface area contributed by atoms with Crippen LogP contribution in [-0.2, 0) is 47.0 Å². The fourth-order valence-electron chi connectivity index (χ4n) is 5.35. The van der Waals surface area contributed by atoms with E-state index in [4.69, 9.17) is 8.37 Å². The summed E-state index contributed by atoms with van der Waals surface area (Å²) in [6.07, 6.45) is 8.74. The van der Waals surface area contributed by atoms with Gasteiger partial charge in [-0.25, -0.2) is 26.6 Å². The van der Waals surface area contributed by atoms with Crippen LogP contribution >= 0.6 is 0 Å². The smallest absolute Gasteiger partial charge is 0.372 e. The maximum atomic E-state index is 12.4. The molecule has 0 fully saturated rings. The predicted molar refractivity (Wildman–Crippen MR) is 190 cm³/mol. The van der Waals surface area contributed by atoms with E-state index in [0.717, 1.165) is 58.9 Å². The molecule has 2 aromatic heterocycles. The van der Waals surface area contributed by atoms with Crippen LogP contribution in [0.3, 0.4) is 0 Å². The molecule has 0 radical (unpaired) electrons. The molecule has 264 valence electrons. The molecule has 0 saturated carbocycles. The highest BCUT2D eigenvalue weighted by Crippen LogP contribution is 2.28. The Hall–Kier alpha value is -4.47. The van der Waals surface area contributed by atoms with Crippen LogP contribution in [0.1, 0.15) is 37.8 Å². The molecule has 0 saturated heterocycles. The quantitative estimate of drug-likeness (QED) is 0.0729. The summed E-state index contributed by atoms with van der Waals surface area (Å²) in [5.74, 6) is 1.49. The van der Waals surface area contributed by atoms with E-state index >= 15 is 0 Å². The Morgan fingerprint density at radius 2 is 1.10 bits per heavy atom. The average molecular weight is 695 g/mol. The lowest BCUT2D eigenvalue weighted by molar-refractivity contribution is -0.657. The zero-order valence-corrected chi connectivity index (χ0v) is 30.8. The average Bonchev–Trinajstić information content (AvgIpc) is 3.57. The lowest BCUT2D eigenvalue weighted by Gasteiger charge is -2.24. The summed E-state index contributed by atoms with van der Waals surface area (Å²) in [6.45, 7) is 11.0. The van der Waals surface area contributed by atoms with E-state index < -0.39 is 10.4 Å². The second kappa shape index (κ2) is 17.3. The Morgan fingerprint density at radius 3 is 1.43 bits per heavy atom. The number of hydrogen-bond acceptors (Lipinski definition) is 10. The molecule has 4 rings (SSSR count). The number of azo groups is 2. The van der Waals surface area contributed by atoms with Gasteiger partial charge in [0.2, 0.25) is 0 Å². The standard InChI is InChI=1S/C34H50N10O4S/c1-9-43(29-13-15-31(27(3)25-29)35-37-33-39(5)19-20-40(33)6)17-11-23-47-49(45,46)48-24-12-18-44(10-2)30-14-16-32(28(4)26-30)36-38-34-41(7)21-22-42(34)8/h13-16,19-22,25-26H,9-12,17-18,23-24H2,1-8H3/q+2. The maximum Gasteiger partial charge on any atom is 0.421 e. The zero-order chi connectivity index (χ0) is 35.6. The van der Waals surface area contributed by atoms with Crippen molar-refractivity contribution >= 4 is 45.0 Å². The van der Waals surface area contributed by atoms with Gasteiger partial charge in [0.05, 0.1) is 66.2 Å². The molecule has 0 aliphatic carbocycles. The number of aromatic nitrogens is 4. The minimum Gasteiger partial charge on any atom is -0.372 e. The van der Waals surface area contributed by atoms with Crippen LogP contribution < -0.4 is 18.9 Å². The summed E-state index contributed by atoms with van der Waals surface area (Å²) in [6, 6.07) is 12.0. The van der Waals surface area contributed by atoms with Crippen molar-refractivity contribution in [2.45, 2.75) is 40.5 Å². The summed E-state index contributed by atoms with van der Waals surface area (Å²) in [4.78, 5) is 4.34. The third-order valence-electron chi connectivity index (χ3n) is 8.24. The lowest BCUT2D eigenvalue weighted by Crippen LogP contribution is -2.26. The third kappa shape index (κ3) is 10.3. The molecule has 15 heteroatoms. The van der Waals surface area contributed by atoms with Crippen LogP contribution in [0.4, 0.5) is 34.6 Å². The van der Waals surface area contributed by atoms with Crippen molar-refractivity contribution < 1.29 is 25.9 Å². The first-order chi connectivity index (χ1) is 23.4. The van der Waals surface area contributed by atoms with Gasteiger partial charge >= 0.3 is 22.3 Å². The van der Waals surface area contributed by atoms with Crippen molar-refractivity contribution in [2.24, 2.45) is 48.6 Å². The van der Waals surface area contributed by atoms with Crippen LogP contribution in [0.15, 0.2) is 81.6 Å². The summed E-state index contributed by atoms with van der Waals surface area (Å²) < 4.78 is 42.8. The summed E-state index contributed by atoms with van der Waals surface area (Å²) in [5, 5.41) is 17.7. The molecule has 4 aromatic rings. The van der Waals surface area contributed by atoms with Crippen molar-refractivity contribution in [1.82, 2.24) is 9.13 Å². The van der Waals surface area contributed by atoms with E-state index in [2.05, 4.69) is 56.2 Å². The van der Waals surface area contributed by atoms with E-state index in [0.29, 0.717) is 25.9 Å². The number of hydrogen-bond donors (Lipinski definition) is 0. The molecule has 2 aromatic carbocycles. The molecule has 0 amide bonds. The molecule has 0 spiro atoms. The Labute approximate surface area is 290 Å². The van der Waals surface area contributed by atoms with Gasteiger partial charge in [-0.05, 0) is 88.1 Å². The van der Waals surface area contributed by atoms with Gasteiger partial charge < -0.3 is 9.80 Å². The Morgan fingerprint density at radius 1 is 0.694 bits per heavy atom. The van der Waals surface area contributed by atoms with E-state index in [1.807, 2.05) is 109 Å². The number of nitrogens with zero attached hydrogens (tertiary/aromatic N) is 10. The van der Waals surface area contributed by atoms with Crippen LogP contribution in [0, 0.1) is 13.8 Å². The van der Waals surface area contributed by atoms with Gasteiger partial charge in [0.1, 0.15) is 11.4 Å². The van der Waals surface area contributed by atoms with Gasteiger partial charge in [-0.2, -0.15) is 8.42 Å². The highest BCUT2D eigenvalue weighted by atomic mass is 32.3. The van der Waals surface area contributed by atoms with E-state index in [1.165, 1.54) is 0 Å². The first-order valence-corrected chi connectivity index (χ1v) is 17.9. The summed E-state index contributed by atoms with van der Waals surface area (Å²) in [5.41, 5.74) is 5.63. The Balaban J connectivity index is 1.20. The second-order valence-corrected chi connectivity index (χ2v) is 13.2. The van der Waals surface area contributed by atoms with E-state index in [1.54, 1.807) is 0 Å². The van der Waals surface area contributed by atoms with Crippen molar-refractivity contribution in [1.29, 1.82) is 0 Å². The molecule has 49 heavy (non-hydrogen) atoms. The number of benzene rings is 2. The van der Waals surface area contributed by atoms with Crippen LogP contribution in [-0.4, -0.2) is 56.9 Å². The summed E-state index contributed by atoms with van der Waals surface area (Å²) >= 11 is 0. The minimum atomic E-state index is -4.10. The van der Waals surface area contributed by atoms with Crippen LogP contribution in [0.5, 0.6) is 0 Å². The molecule has 0 aliphatic heterocycles. The van der Waals surface area contributed by atoms with Crippen molar-refractivity contribution in [3.8, 4) is 0 Å². The topological polar surface area (TPSA) is 126 Å². The first-order valence-electron chi connectivity index (χ1n) is 16.5. The van der Waals surface area contributed by atoms with Gasteiger partial charge in [0.15, 0.2) is 0 Å². The molecule has 0 bridgehead atoms. The second-order valence-electron chi connectivity index (χ2n) is 11.9. The molecule has 0 unspecified atom stereocenters. The van der Waals surface area contributed by atoms with E-state index in [9.17, 15) is 8.42 Å². The highest BCUT2D eigenvalue weighted by molar-refractivity contribution is 7.81. The van der Waals surface area contributed by atoms with Crippen LogP contribution in [0.25, 0.3) is 0 Å². The van der Waals surface area contributed by atoms with Crippen molar-refractivity contribution in [3.63, 3.8) is 0 Å². The van der Waals surface area contributed by atoms with E-state index in [-0.39, 0.29) is 13.2 Å². The van der Waals surface area contributed by atoms with Gasteiger partial charge in [-0.3, -0.25) is 0 Å². The van der Waals surface area contributed by atoms with Gasteiger partial charge in [-0.1, -0.05) is 10.2 Å². The van der Waals surface area contributed by atoms with Crippen LogP contribution in [0.2, 0.25) is 0 Å². The summed E-state index contributed by atoms with van der Waals surface area (Å²) in [7, 11) is 3.61. The monoisotopic (exact) mass is 694 g/mol. The Kier molecular flexibility index (Phi) is 13.2. The van der Waals surface area contributed by atoms with Gasteiger partial charge in [-0.15, -0.1) is 0 Å². The predicted octanol–water partition coefficient (Wildman–Crippen LogP) is 5.87. The molecule has 0 aliphatic rings. The van der Waals surface area contributed by atoms with Gasteiger partial charge in [0, 0.05) is 47.8 Å². The number of aryl methyl sites for hydroxylation is 6. The number of anilines is 2. The molecular formula is C34H50N10O4S+2. The highest BCUT2D eigenvalue weighted by Gasteiger charge is 2.16. The molecule has 0 atom stereocenters. The lowest BCUT2D eigenvalue weighted by atomic mass is 10.1. The zero-order valence-electron chi connectivity index (χ0n) is 29.9. The number of rotatable bonds is 18. The first kappa shape index (κ1) is 37.4. The SMILES string of the molecule is CCN(CCCOS(=O)(=O)OCCCN(CC)c1ccc(N=Nc2n(C)cc[n+]2C)c(C)c1)c1ccc(N=Nc2n(C)cc[n+]2C)c(C)c1.